The second-order valence-corrected chi connectivity index (χ2v) is 14.6. The molecule has 0 bridgehead atoms. The lowest BCUT2D eigenvalue weighted by Gasteiger charge is -2.17. The highest BCUT2D eigenvalue weighted by Crippen LogP contribution is 2.42. The Morgan fingerprint density at radius 1 is 0.333 bits per heavy atom. The van der Waals surface area contributed by atoms with Gasteiger partial charge >= 0.3 is 0 Å². The number of fused-ring (bicyclic) bond motifs is 6. The quantitative estimate of drug-likeness (QED) is 0.171. The molecule has 5 heteroatoms. The monoisotopic (exact) mass is 729 g/mol. The smallest absolute Gasteiger partial charge is 0.164 e. The fourth-order valence-electron chi connectivity index (χ4n) is 8.40. The van der Waals surface area contributed by atoms with Gasteiger partial charge in [-0.1, -0.05) is 145 Å². The number of hydrogen-bond donors (Lipinski definition) is 0. The van der Waals surface area contributed by atoms with Crippen molar-refractivity contribution in [1.29, 1.82) is 0 Å². The van der Waals surface area contributed by atoms with E-state index in [-0.39, 0.29) is 0 Å². The van der Waals surface area contributed by atoms with Crippen molar-refractivity contribution >= 4 is 43.6 Å². The first-order valence-electron chi connectivity index (χ1n) is 19.3. The van der Waals surface area contributed by atoms with Gasteiger partial charge in [0.1, 0.15) is 0 Å². The molecule has 0 N–H and O–H groups in total. The van der Waals surface area contributed by atoms with Crippen molar-refractivity contribution in [1.82, 2.24) is 24.1 Å². The number of hydrogen-bond acceptors (Lipinski definition) is 3. The molecule has 11 rings (SSSR count). The summed E-state index contributed by atoms with van der Waals surface area (Å²) in [6.45, 7) is 2.15. The van der Waals surface area contributed by atoms with Crippen molar-refractivity contribution in [3.63, 3.8) is 0 Å². The summed E-state index contributed by atoms with van der Waals surface area (Å²) in [7, 11) is 0. The molecule has 8 aromatic carbocycles. The summed E-state index contributed by atoms with van der Waals surface area (Å²) in [5, 5.41) is 4.90. The molecule has 11 aromatic rings. The van der Waals surface area contributed by atoms with Gasteiger partial charge in [0.05, 0.1) is 27.8 Å². The molecule has 0 aliphatic carbocycles. The fourth-order valence-corrected chi connectivity index (χ4v) is 8.40. The summed E-state index contributed by atoms with van der Waals surface area (Å²) in [6, 6.07) is 68.6. The molecule has 0 saturated carbocycles. The van der Waals surface area contributed by atoms with E-state index in [2.05, 4.69) is 150 Å². The van der Waals surface area contributed by atoms with Gasteiger partial charge in [-0.2, -0.15) is 0 Å². The molecule has 0 aliphatic rings. The number of aromatic nitrogens is 5. The highest BCUT2D eigenvalue weighted by Gasteiger charge is 2.21. The lowest BCUT2D eigenvalue weighted by atomic mass is 9.98. The first kappa shape index (κ1) is 32.8. The Hall–Kier alpha value is -7.63. The predicted molar refractivity (Wildman–Crippen MR) is 235 cm³/mol. The number of aryl methyl sites for hydroxylation is 1. The van der Waals surface area contributed by atoms with Gasteiger partial charge in [-0.05, 0) is 67.1 Å². The molecular weight excluding hydrogens is 695 g/mol. The lowest BCUT2D eigenvalue weighted by molar-refractivity contribution is 1.07. The minimum Gasteiger partial charge on any atom is -0.309 e. The Morgan fingerprint density at radius 2 is 0.842 bits per heavy atom. The van der Waals surface area contributed by atoms with Crippen LogP contribution in [0.3, 0.4) is 0 Å². The molecule has 0 amide bonds. The van der Waals surface area contributed by atoms with E-state index >= 15 is 0 Å². The molecule has 3 heterocycles. The van der Waals surface area contributed by atoms with Crippen LogP contribution in [0.15, 0.2) is 194 Å². The second kappa shape index (κ2) is 13.3. The van der Waals surface area contributed by atoms with E-state index < -0.39 is 0 Å². The van der Waals surface area contributed by atoms with Gasteiger partial charge in [-0.15, -0.1) is 0 Å². The third-order valence-corrected chi connectivity index (χ3v) is 11.0. The van der Waals surface area contributed by atoms with Crippen LogP contribution in [0.2, 0.25) is 0 Å². The van der Waals surface area contributed by atoms with Gasteiger partial charge in [0.2, 0.25) is 0 Å². The molecule has 3 aromatic heterocycles. The van der Waals surface area contributed by atoms with Crippen LogP contribution in [0.4, 0.5) is 0 Å². The van der Waals surface area contributed by atoms with Crippen LogP contribution < -0.4 is 0 Å². The summed E-state index contributed by atoms with van der Waals surface area (Å²) < 4.78 is 4.84. The molecule has 0 saturated heterocycles. The van der Waals surface area contributed by atoms with Gasteiger partial charge in [-0.25, -0.2) is 15.0 Å². The maximum absolute atomic E-state index is 5.11. The Bertz CT molecular complexity index is 3230. The van der Waals surface area contributed by atoms with Crippen LogP contribution in [0.25, 0.3) is 100 Å². The Morgan fingerprint density at radius 3 is 1.46 bits per heavy atom. The van der Waals surface area contributed by atoms with Gasteiger partial charge < -0.3 is 9.13 Å². The zero-order chi connectivity index (χ0) is 37.9. The first-order chi connectivity index (χ1) is 28.2. The van der Waals surface area contributed by atoms with Crippen molar-refractivity contribution in [3.05, 3.63) is 200 Å². The highest BCUT2D eigenvalue weighted by atomic mass is 15.0. The Labute approximate surface area is 329 Å². The minimum absolute atomic E-state index is 0.625. The van der Waals surface area contributed by atoms with Crippen LogP contribution in [0.5, 0.6) is 0 Å². The minimum atomic E-state index is 0.625. The van der Waals surface area contributed by atoms with E-state index in [9.17, 15) is 0 Å². The maximum atomic E-state index is 5.11. The molecule has 0 unspecified atom stereocenters. The zero-order valence-electron chi connectivity index (χ0n) is 31.2. The molecule has 268 valence electrons. The summed E-state index contributed by atoms with van der Waals surface area (Å²) in [5.41, 5.74) is 13.1. The Kier molecular flexibility index (Phi) is 7.64. The van der Waals surface area contributed by atoms with Crippen LogP contribution in [0, 0.1) is 6.92 Å². The lowest BCUT2D eigenvalue weighted by Crippen LogP contribution is -2.02. The summed E-state index contributed by atoms with van der Waals surface area (Å²) in [5.74, 6) is 1.90. The van der Waals surface area contributed by atoms with Crippen LogP contribution in [-0.4, -0.2) is 24.1 Å². The standard InChI is InChI=1S/C52H35N5/c1-34-16-15-21-37(30-34)42-31-38(52-54-50(35-17-5-2-6-18-35)53-51(55-52)36-19-7-3-8-20-36)28-29-47(42)57-46-27-14-12-25-41(46)44-32-43-40-24-11-13-26-45(40)56(48(43)33-49(44)57)39-22-9-4-10-23-39/h2-33H,1H3. The van der Waals surface area contributed by atoms with Gasteiger partial charge in [0, 0.05) is 49.5 Å². The zero-order valence-corrected chi connectivity index (χ0v) is 31.2. The summed E-state index contributed by atoms with van der Waals surface area (Å²) in [4.78, 5) is 15.2. The number of nitrogens with zero attached hydrogens (tertiary/aromatic N) is 5. The van der Waals surface area contributed by atoms with Crippen molar-refractivity contribution in [2.45, 2.75) is 6.92 Å². The van der Waals surface area contributed by atoms with Crippen molar-refractivity contribution in [2.75, 3.05) is 0 Å². The van der Waals surface area contributed by atoms with Crippen molar-refractivity contribution in [3.8, 4) is 56.7 Å². The molecule has 5 nitrogen and oxygen atoms in total. The highest BCUT2D eigenvalue weighted by molar-refractivity contribution is 6.19. The van der Waals surface area contributed by atoms with E-state index in [0.29, 0.717) is 17.5 Å². The maximum Gasteiger partial charge on any atom is 0.164 e. The summed E-state index contributed by atoms with van der Waals surface area (Å²) in [6.07, 6.45) is 0. The number of para-hydroxylation sites is 3. The fraction of sp³-hybridized carbons (Fsp3) is 0.0192. The molecule has 0 spiro atoms. The van der Waals surface area contributed by atoms with E-state index in [0.717, 1.165) is 50.2 Å². The third-order valence-electron chi connectivity index (χ3n) is 11.0. The number of benzene rings is 8. The molecule has 0 aliphatic heterocycles. The van der Waals surface area contributed by atoms with Gasteiger partial charge in [-0.3, -0.25) is 0 Å². The van der Waals surface area contributed by atoms with E-state index in [1.807, 2.05) is 60.7 Å². The van der Waals surface area contributed by atoms with Crippen molar-refractivity contribution in [2.24, 2.45) is 0 Å². The van der Waals surface area contributed by atoms with Gasteiger partial charge in [0.25, 0.3) is 0 Å². The molecule has 0 radical (unpaired) electrons. The van der Waals surface area contributed by atoms with Crippen LogP contribution in [-0.2, 0) is 0 Å². The summed E-state index contributed by atoms with van der Waals surface area (Å²) >= 11 is 0. The molecule has 0 atom stereocenters. The van der Waals surface area contributed by atoms with E-state index in [1.165, 1.54) is 38.1 Å². The average Bonchev–Trinajstić information content (AvgIpc) is 3.78. The largest absolute Gasteiger partial charge is 0.309 e. The Balaban J connectivity index is 1.20. The number of rotatable bonds is 6. The third kappa shape index (κ3) is 5.51. The molecule has 0 fully saturated rings. The van der Waals surface area contributed by atoms with E-state index in [1.54, 1.807) is 0 Å². The molecular formula is C52H35N5. The van der Waals surface area contributed by atoms with Crippen molar-refractivity contribution < 1.29 is 0 Å². The second-order valence-electron chi connectivity index (χ2n) is 14.6. The van der Waals surface area contributed by atoms with Crippen LogP contribution >= 0.6 is 0 Å². The topological polar surface area (TPSA) is 48.5 Å². The predicted octanol–water partition coefficient (Wildman–Crippen LogP) is 13.0. The SMILES string of the molecule is Cc1cccc(-c2cc(-c3nc(-c4ccccc4)nc(-c4ccccc4)n3)ccc2-n2c3ccccc3c3cc4c5ccccc5n(-c5ccccc5)c4cc32)c1. The van der Waals surface area contributed by atoms with E-state index in [4.69, 9.17) is 15.0 Å². The normalized spacial score (nSPS) is 11.6. The average molecular weight is 730 g/mol. The van der Waals surface area contributed by atoms with Crippen LogP contribution in [0.1, 0.15) is 5.56 Å². The molecule has 57 heavy (non-hydrogen) atoms. The first-order valence-corrected chi connectivity index (χ1v) is 19.3. The van der Waals surface area contributed by atoms with Gasteiger partial charge in [0.15, 0.2) is 17.5 Å².